The van der Waals surface area contributed by atoms with E-state index in [4.69, 9.17) is 4.98 Å². The van der Waals surface area contributed by atoms with Crippen LogP contribution in [0.4, 0.5) is 5.82 Å². The van der Waals surface area contributed by atoms with Gasteiger partial charge in [-0.1, -0.05) is 30.3 Å². The maximum atomic E-state index is 4.92. The molecule has 0 radical (unpaired) electrons. The molecule has 1 aromatic carbocycles. The molecule has 118 valence electrons. The molecule has 4 aromatic rings. The predicted molar refractivity (Wildman–Crippen MR) is 96.0 cm³/mol. The lowest BCUT2D eigenvalue weighted by atomic mass is 10.1. The first kappa shape index (κ1) is 14.4. The largest absolute Gasteiger partial charge is 0.360 e. The number of benzene rings is 1. The number of hydrogen-bond donors (Lipinski definition) is 0. The highest BCUT2D eigenvalue weighted by Gasteiger charge is 2.18. The van der Waals surface area contributed by atoms with Gasteiger partial charge in [0.15, 0.2) is 11.5 Å². The summed E-state index contributed by atoms with van der Waals surface area (Å²) in [4.78, 5) is 15.5. The molecule has 0 amide bonds. The quantitative estimate of drug-likeness (QED) is 0.580. The Morgan fingerprint density at radius 3 is 2.33 bits per heavy atom. The van der Waals surface area contributed by atoms with Gasteiger partial charge in [-0.15, -0.1) is 0 Å². The van der Waals surface area contributed by atoms with Crippen molar-refractivity contribution in [1.29, 1.82) is 0 Å². The van der Waals surface area contributed by atoms with E-state index in [-0.39, 0.29) is 0 Å². The number of pyridine rings is 1. The minimum absolute atomic E-state index is 0.841. The fourth-order valence-corrected chi connectivity index (χ4v) is 2.86. The van der Waals surface area contributed by atoms with Gasteiger partial charge in [0.2, 0.25) is 0 Å². The number of anilines is 1. The highest BCUT2D eigenvalue weighted by Crippen LogP contribution is 2.34. The first-order chi connectivity index (χ1) is 11.8. The Kier molecular flexibility index (Phi) is 3.46. The smallest absolute Gasteiger partial charge is 0.181 e. The van der Waals surface area contributed by atoms with Crippen molar-refractivity contribution < 1.29 is 0 Å². The predicted octanol–water partition coefficient (Wildman–Crippen LogP) is 3.52. The van der Waals surface area contributed by atoms with Crippen molar-refractivity contribution in [2.24, 2.45) is 0 Å². The van der Waals surface area contributed by atoms with Crippen LogP contribution < -0.4 is 4.90 Å². The van der Waals surface area contributed by atoms with Crippen molar-refractivity contribution in [3.8, 4) is 22.5 Å². The minimum atomic E-state index is 0.841. The molecule has 3 aromatic heterocycles. The number of rotatable bonds is 3. The highest BCUT2D eigenvalue weighted by atomic mass is 15.2. The minimum Gasteiger partial charge on any atom is -0.360 e. The van der Waals surface area contributed by atoms with Crippen molar-refractivity contribution in [3.63, 3.8) is 0 Å². The topological polar surface area (TPSA) is 46.3 Å². The average Bonchev–Trinajstić information content (AvgIpc) is 3.02. The molecule has 24 heavy (non-hydrogen) atoms. The Labute approximate surface area is 140 Å². The number of nitrogens with zero attached hydrogens (tertiary/aromatic N) is 5. The second-order valence-corrected chi connectivity index (χ2v) is 5.75. The van der Waals surface area contributed by atoms with Gasteiger partial charge in [-0.2, -0.15) is 0 Å². The summed E-state index contributed by atoms with van der Waals surface area (Å²) in [6.45, 7) is 0. The van der Waals surface area contributed by atoms with E-state index in [0.29, 0.717) is 0 Å². The molecule has 0 atom stereocenters. The molecule has 0 aliphatic rings. The molecule has 0 saturated carbocycles. The molecule has 0 unspecified atom stereocenters. The van der Waals surface area contributed by atoms with Crippen LogP contribution in [-0.2, 0) is 0 Å². The van der Waals surface area contributed by atoms with Crippen LogP contribution in [0.25, 0.3) is 28.2 Å². The third-order valence-corrected chi connectivity index (χ3v) is 3.95. The Balaban J connectivity index is 2.09. The Hall–Kier alpha value is -3.21. The van der Waals surface area contributed by atoms with Gasteiger partial charge >= 0.3 is 0 Å². The summed E-state index contributed by atoms with van der Waals surface area (Å²) in [5.74, 6) is 0.843. The van der Waals surface area contributed by atoms with E-state index in [9.17, 15) is 0 Å². The summed E-state index contributed by atoms with van der Waals surface area (Å²) >= 11 is 0. The molecule has 0 fully saturated rings. The molecule has 5 heteroatoms. The molecular formula is C19H17N5. The monoisotopic (exact) mass is 315 g/mol. The van der Waals surface area contributed by atoms with E-state index in [2.05, 4.69) is 26.5 Å². The van der Waals surface area contributed by atoms with Gasteiger partial charge < -0.3 is 4.90 Å². The van der Waals surface area contributed by atoms with Crippen LogP contribution in [0.3, 0.4) is 0 Å². The molecule has 0 saturated heterocycles. The summed E-state index contributed by atoms with van der Waals surface area (Å²) in [7, 11) is 3.95. The lowest BCUT2D eigenvalue weighted by Crippen LogP contribution is -2.12. The van der Waals surface area contributed by atoms with Gasteiger partial charge in [0, 0.05) is 50.0 Å². The van der Waals surface area contributed by atoms with Gasteiger partial charge in [0.1, 0.15) is 0 Å². The number of hydrogen-bond acceptors (Lipinski definition) is 4. The lowest BCUT2D eigenvalue weighted by Gasteiger charge is -2.12. The molecule has 0 aliphatic heterocycles. The van der Waals surface area contributed by atoms with Crippen molar-refractivity contribution in [1.82, 2.24) is 19.4 Å². The molecule has 3 heterocycles. The molecule has 0 bridgehead atoms. The van der Waals surface area contributed by atoms with Crippen LogP contribution in [0.2, 0.25) is 0 Å². The fourth-order valence-electron chi connectivity index (χ4n) is 2.86. The van der Waals surface area contributed by atoms with Gasteiger partial charge in [-0.3, -0.25) is 9.38 Å². The van der Waals surface area contributed by atoms with E-state index in [1.807, 2.05) is 61.7 Å². The maximum Gasteiger partial charge on any atom is 0.181 e. The summed E-state index contributed by atoms with van der Waals surface area (Å²) < 4.78 is 2.10. The number of fused-ring (bicyclic) bond motifs is 1. The maximum absolute atomic E-state index is 4.92. The zero-order chi connectivity index (χ0) is 16.5. The standard InChI is InChI=1S/C19H17N5/c1-23(2)18-19-22-16(14-6-4-3-5-7-14)17(24(19)13-12-21-18)15-8-10-20-11-9-15/h3-13H,1-2H3. The van der Waals surface area contributed by atoms with Crippen LogP contribution in [-0.4, -0.2) is 33.4 Å². The summed E-state index contributed by atoms with van der Waals surface area (Å²) in [6, 6.07) is 14.2. The third kappa shape index (κ3) is 2.31. The average molecular weight is 315 g/mol. The van der Waals surface area contributed by atoms with E-state index in [1.54, 1.807) is 12.4 Å². The van der Waals surface area contributed by atoms with Crippen LogP contribution in [0.1, 0.15) is 0 Å². The molecule has 0 N–H and O–H groups in total. The second-order valence-electron chi connectivity index (χ2n) is 5.75. The van der Waals surface area contributed by atoms with Gasteiger partial charge in [0.05, 0.1) is 11.4 Å². The summed E-state index contributed by atoms with van der Waals surface area (Å²) in [5, 5.41) is 0. The van der Waals surface area contributed by atoms with Gasteiger partial charge in [0.25, 0.3) is 0 Å². The zero-order valence-electron chi connectivity index (χ0n) is 13.6. The van der Waals surface area contributed by atoms with E-state index in [1.165, 1.54) is 0 Å². The molecule has 5 nitrogen and oxygen atoms in total. The van der Waals surface area contributed by atoms with Crippen LogP contribution in [0, 0.1) is 0 Å². The van der Waals surface area contributed by atoms with Gasteiger partial charge in [-0.25, -0.2) is 9.97 Å². The van der Waals surface area contributed by atoms with E-state index >= 15 is 0 Å². The second kappa shape index (κ2) is 5.77. The number of imidazole rings is 1. The molecular weight excluding hydrogens is 298 g/mol. The normalized spacial score (nSPS) is 10.9. The Bertz CT molecular complexity index is 975. The Morgan fingerprint density at radius 2 is 1.62 bits per heavy atom. The van der Waals surface area contributed by atoms with E-state index < -0.39 is 0 Å². The van der Waals surface area contributed by atoms with Crippen LogP contribution in [0.15, 0.2) is 67.3 Å². The fraction of sp³-hybridized carbons (Fsp3) is 0.105. The third-order valence-electron chi connectivity index (χ3n) is 3.95. The summed E-state index contributed by atoms with van der Waals surface area (Å²) in [6.07, 6.45) is 7.37. The van der Waals surface area contributed by atoms with Crippen molar-refractivity contribution in [2.45, 2.75) is 0 Å². The highest BCUT2D eigenvalue weighted by molar-refractivity contribution is 5.84. The zero-order valence-corrected chi connectivity index (χ0v) is 13.6. The summed E-state index contributed by atoms with van der Waals surface area (Å²) in [5.41, 5.74) is 4.99. The van der Waals surface area contributed by atoms with Crippen LogP contribution >= 0.6 is 0 Å². The molecule has 0 aliphatic carbocycles. The Morgan fingerprint density at radius 1 is 0.875 bits per heavy atom. The first-order valence-corrected chi connectivity index (χ1v) is 7.76. The van der Waals surface area contributed by atoms with E-state index in [0.717, 1.165) is 34.0 Å². The lowest BCUT2D eigenvalue weighted by molar-refractivity contribution is 1.03. The molecule has 0 spiro atoms. The first-order valence-electron chi connectivity index (χ1n) is 7.76. The van der Waals surface area contributed by atoms with Crippen LogP contribution in [0.5, 0.6) is 0 Å². The molecule has 4 rings (SSSR count). The van der Waals surface area contributed by atoms with Crippen molar-refractivity contribution >= 4 is 11.5 Å². The number of aromatic nitrogens is 4. The van der Waals surface area contributed by atoms with Gasteiger partial charge in [-0.05, 0) is 12.1 Å². The van der Waals surface area contributed by atoms with Crippen molar-refractivity contribution in [3.05, 3.63) is 67.3 Å². The van der Waals surface area contributed by atoms with Crippen molar-refractivity contribution in [2.75, 3.05) is 19.0 Å². The SMILES string of the molecule is CN(C)c1nccn2c(-c3ccncc3)c(-c3ccccc3)nc12.